The molecule has 0 radical (unpaired) electrons. The first kappa shape index (κ1) is 18.6. The molecule has 0 saturated carbocycles. The van der Waals surface area contributed by atoms with Gasteiger partial charge in [0.2, 0.25) is 5.95 Å². The van der Waals surface area contributed by atoms with Gasteiger partial charge >= 0.3 is 0 Å². The number of nitrogens with two attached hydrogens (primary N) is 1. The normalized spacial score (nSPS) is 16.7. The second-order valence-electron chi connectivity index (χ2n) is 7.05. The minimum atomic E-state index is 0.150. The van der Waals surface area contributed by atoms with E-state index in [0.29, 0.717) is 22.7 Å². The van der Waals surface area contributed by atoms with Crippen LogP contribution < -0.4 is 5.73 Å². The maximum absolute atomic E-state index is 10.3. The summed E-state index contributed by atoms with van der Waals surface area (Å²) < 4.78 is 0. The predicted molar refractivity (Wildman–Crippen MR) is 104 cm³/mol. The van der Waals surface area contributed by atoms with Crippen LogP contribution in [0.1, 0.15) is 49.4 Å². The number of hydrogen-bond donors (Lipinski definition) is 2. The highest BCUT2D eigenvalue weighted by Gasteiger charge is 2.20. The predicted octanol–water partition coefficient (Wildman–Crippen LogP) is 3.12. The van der Waals surface area contributed by atoms with Crippen LogP contribution in [0.15, 0.2) is 12.1 Å². The summed E-state index contributed by atoms with van der Waals surface area (Å²) in [6.45, 7) is 7.99. The van der Waals surface area contributed by atoms with Crippen molar-refractivity contribution >= 4 is 5.95 Å². The van der Waals surface area contributed by atoms with E-state index in [1.54, 1.807) is 0 Å². The molecule has 0 spiro atoms. The monoisotopic (exact) mass is 355 g/mol. The van der Waals surface area contributed by atoms with Gasteiger partial charge in [-0.1, -0.05) is 19.4 Å². The lowest BCUT2D eigenvalue weighted by Gasteiger charge is -2.24. The average molecular weight is 355 g/mol. The van der Waals surface area contributed by atoms with Crippen molar-refractivity contribution in [1.29, 1.82) is 0 Å². The van der Waals surface area contributed by atoms with Gasteiger partial charge in [-0.2, -0.15) is 0 Å². The van der Waals surface area contributed by atoms with E-state index in [2.05, 4.69) is 33.1 Å². The summed E-state index contributed by atoms with van der Waals surface area (Å²) in [6, 6.07) is 3.93. The van der Waals surface area contributed by atoms with Crippen molar-refractivity contribution in [2.24, 2.45) is 0 Å². The topological polar surface area (TPSA) is 88.2 Å². The largest absolute Gasteiger partial charge is 0.507 e. The highest BCUT2D eigenvalue weighted by Crippen LogP contribution is 2.38. The van der Waals surface area contributed by atoms with Gasteiger partial charge in [-0.15, -0.1) is 10.2 Å². The number of piperidine rings is 1. The second-order valence-corrected chi connectivity index (χ2v) is 7.05. The first-order valence-corrected chi connectivity index (χ1v) is 9.63. The molecule has 6 heteroatoms. The van der Waals surface area contributed by atoms with Crippen LogP contribution in [0.5, 0.6) is 5.75 Å². The highest BCUT2D eigenvalue weighted by molar-refractivity contribution is 5.71. The average Bonchev–Trinajstić information content (AvgIpc) is 3.14. The van der Waals surface area contributed by atoms with Crippen LogP contribution in [0.2, 0.25) is 0 Å². The fraction of sp³-hybridized carbons (Fsp3) is 0.550. The summed E-state index contributed by atoms with van der Waals surface area (Å²) in [6.07, 6.45) is 7.35. The third-order valence-electron chi connectivity index (χ3n) is 5.28. The molecular formula is C20H29N5O. The third kappa shape index (κ3) is 4.12. The molecule has 1 aromatic carbocycles. The first-order valence-electron chi connectivity index (χ1n) is 9.63. The minimum absolute atomic E-state index is 0.150. The number of aryl methyl sites for hydroxylation is 2. The fourth-order valence-corrected chi connectivity index (χ4v) is 3.78. The molecule has 1 fully saturated rings. The Morgan fingerprint density at radius 1 is 1.08 bits per heavy atom. The van der Waals surface area contributed by atoms with Gasteiger partial charge in [-0.25, -0.2) is 4.98 Å². The SMILES string of the molecule is CCN1CCCCC1.Cc1nc(N)nnc1-c1ccc2c(c1O)CCC2. The number of fused-ring (bicyclic) bond motifs is 1. The molecule has 0 unspecified atom stereocenters. The number of phenolic OH excluding ortho intramolecular Hbond substituents is 1. The van der Waals surface area contributed by atoms with Crippen LogP contribution in [0.4, 0.5) is 5.95 Å². The van der Waals surface area contributed by atoms with Gasteiger partial charge in [0.15, 0.2) is 0 Å². The Bertz CT molecular complexity index is 756. The van der Waals surface area contributed by atoms with Gasteiger partial charge in [0.1, 0.15) is 11.4 Å². The highest BCUT2D eigenvalue weighted by atomic mass is 16.3. The van der Waals surface area contributed by atoms with Gasteiger partial charge in [-0.05, 0) is 75.9 Å². The summed E-state index contributed by atoms with van der Waals surface area (Å²) >= 11 is 0. The molecule has 0 atom stereocenters. The molecule has 140 valence electrons. The minimum Gasteiger partial charge on any atom is -0.507 e. The molecule has 1 saturated heterocycles. The lowest BCUT2D eigenvalue weighted by molar-refractivity contribution is 0.240. The molecule has 3 N–H and O–H groups in total. The molecule has 26 heavy (non-hydrogen) atoms. The van der Waals surface area contributed by atoms with E-state index in [1.807, 2.05) is 13.0 Å². The Kier molecular flexibility index (Phi) is 6.04. The van der Waals surface area contributed by atoms with Crippen LogP contribution in [0.3, 0.4) is 0 Å². The Morgan fingerprint density at radius 2 is 1.85 bits per heavy atom. The fourth-order valence-electron chi connectivity index (χ4n) is 3.78. The molecule has 1 aromatic heterocycles. The standard InChI is InChI=1S/C13H14N4O.C7H15N/c1-7-11(16-17-13(14)15-7)10-6-5-8-3-2-4-9(8)12(10)18;1-2-8-6-4-3-5-7-8/h5-6,18H,2-4H2,1H3,(H2,14,15,17);2-7H2,1H3. The summed E-state index contributed by atoms with van der Waals surface area (Å²) in [5.41, 5.74) is 9.71. The van der Waals surface area contributed by atoms with Crippen LogP contribution >= 0.6 is 0 Å². The number of anilines is 1. The zero-order valence-corrected chi connectivity index (χ0v) is 15.8. The summed E-state index contributed by atoms with van der Waals surface area (Å²) in [7, 11) is 0. The Labute approximate surface area is 155 Å². The van der Waals surface area contributed by atoms with Crippen molar-refractivity contribution in [2.75, 3.05) is 25.4 Å². The van der Waals surface area contributed by atoms with Gasteiger partial charge in [-0.3, -0.25) is 0 Å². The van der Waals surface area contributed by atoms with Crippen molar-refractivity contribution in [3.63, 3.8) is 0 Å². The van der Waals surface area contributed by atoms with E-state index < -0.39 is 0 Å². The van der Waals surface area contributed by atoms with E-state index in [-0.39, 0.29) is 5.95 Å². The van der Waals surface area contributed by atoms with E-state index >= 15 is 0 Å². The van der Waals surface area contributed by atoms with Gasteiger partial charge < -0.3 is 15.7 Å². The summed E-state index contributed by atoms with van der Waals surface area (Å²) in [4.78, 5) is 6.60. The smallest absolute Gasteiger partial charge is 0.240 e. The van der Waals surface area contributed by atoms with E-state index in [4.69, 9.17) is 5.73 Å². The van der Waals surface area contributed by atoms with Crippen molar-refractivity contribution in [1.82, 2.24) is 20.1 Å². The molecule has 1 aliphatic heterocycles. The first-order chi connectivity index (χ1) is 12.6. The van der Waals surface area contributed by atoms with Crippen molar-refractivity contribution in [3.05, 3.63) is 29.0 Å². The Balaban J connectivity index is 0.000000206. The van der Waals surface area contributed by atoms with Crippen molar-refractivity contribution < 1.29 is 5.11 Å². The number of phenols is 1. The molecule has 0 bridgehead atoms. The van der Waals surface area contributed by atoms with Gasteiger partial charge in [0, 0.05) is 5.56 Å². The number of aromatic nitrogens is 3. The Hall–Kier alpha value is -2.21. The lowest BCUT2D eigenvalue weighted by atomic mass is 10.0. The molecular weight excluding hydrogens is 326 g/mol. The van der Waals surface area contributed by atoms with Crippen LogP contribution in [-0.2, 0) is 12.8 Å². The lowest BCUT2D eigenvalue weighted by Crippen LogP contribution is -2.29. The molecule has 2 heterocycles. The number of rotatable bonds is 2. The number of benzene rings is 1. The van der Waals surface area contributed by atoms with Crippen LogP contribution in [0.25, 0.3) is 11.3 Å². The Morgan fingerprint density at radius 3 is 2.50 bits per heavy atom. The molecule has 4 rings (SSSR count). The zero-order valence-electron chi connectivity index (χ0n) is 15.8. The number of likely N-dealkylation sites (tertiary alicyclic amines) is 1. The number of hydrogen-bond acceptors (Lipinski definition) is 6. The molecule has 0 amide bonds. The number of nitrogen functional groups attached to an aromatic ring is 1. The summed E-state index contributed by atoms with van der Waals surface area (Å²) in [5, 5.41) is 18.1. The van der Waals surface area contributed by atoms with E-state index in [9.17, 15) is 5.11 Å². The molecule has 2 aromatic rings. The maximum atomic E-state index is 10.3. The number of nitrogens with zero attached hydrogens (tertiary/aromatic N) is 4. The maximum Gasteiger partial charge on any atom is 0.240 e. The molecule has 1 aliphatic carbocycles. The van der Waals surface area contributed by atoms with E-state index in [0.717, 1.165) is 24.8 Å². The molecule has 2 aliphatic rings. The second kappa shape index (κ2) is 8.45. The van der Waals surface area contributed by atoms with Crippen LogP contribution in [-0.4, -0.2) is 44.8 Å². The summed E-state index contributed by atoms with van der Waals surface area (Å²) in [5.74, 6) is 0.464. The van der Waals surface area contributed by atoms with Crippen molar-refractivity contribution in [2.45, 2.75) is 52.4 Å². The van der Waals surface area contributed by atoms with Crippen LogP contribution in [0, 0.1) is 6.92 Å². The third-order valence-corrected chi connectivity index (χ3v) is 5.28. The molecule has 6 nitrogen and oxygen atoms in total. The van der Waals surface area contributed by atoms with Gasteiger partial charge in [0.25, 0.3) is 0 Å². The number of aromatic hydroxyl groups is 1. The zero-order chi connectivity index (χ0) is 18.5. The van der Waals surface area contributed by atoms with E-state index in [1.165, 1.54) is 44.5 Å². The van der Waals surface area contributed by atoms with Gasteiger partial charge in [0.05, 0.1) is 5.69 Å². The quantitative estimate of drug-likeness (QED) is 0.860. The van der Waals surface area contributed by atoms with Crippen molar-refractivity contribution in [3.8, 4) is 17.0 Å².